The molecule has 0 bridgehead atoms. The predicted molar refractivity (Wildman–Crippen MR) is 29.4 cm³/mol. The Morgan fingerprint density at radius 1 is 0.909 bits per heavy atom. The minimum absolute atomic E-state index is 1.21. The van der Waals surface area contributed by atoms with E-state index in [4.69, 9.17) is 35.7 Å². The monoisotopic (exact) mass is 170 g/mol. The Morgan fingerprint density at radius 2 is 1.27 bits per heavy atom. The molecule has 0 amide bonds. The van der Waals surface area contributed by atoms with Gasteiger partial charge in [-0.15, -0.1) is 0 Å². The molecule has 0 spiro atoms. The van der Waals surface area contributed by atoms with Crippen LogP contribution in [0.15, 0.2) is 0 Å². The van der Waals surface area contributed by atoms with Crippen molar-refractivity contribution in [3.8, 4) is 0 Å². The van der Waals surface area contributed by atoms with E-state index < -0.39 is 24.5 Å². The molecule has 0 aliphatic heterocycles. The molecule has 7 N–H and O–H groups in total. The molecular weight excluding hydrogens is 160 g/mol. The standard InChI is InChI=1S/C4H10O7/c5-2(6)1-3(7,8)4(9,10)11/h2,5-11H,1H2. The Morgan fingerprint density at radius 3 is 1.36 bits per heavy atom. The summed E-state index contributed by atoms with van der Waals surface area (Å²) in [6.07, 6.45) is -3.38. The van der Waals surface area contributed by atoms with Gasteiger partial charge in [-0.25, -0.2) is 0 Å². The summed E-state index contributed by atoms with van der Waals surface area (Å²) in [5, 5.41) is 57.9. The van der Waals surface area contributed by atoms with Crippen LogP contribution < -0.4 is 0 Å². The second-order valence-electron chi connectivity index (χ2n) is 2.14. The summed E-state index contributed by atoms with van der Waals surface area (Å²) in [6.45, 7) is 0. The Balaban J connectivity index is 4.22. The highest BCUT2D eigenvalue weighted by Crippen LogP contribution is 2.18. The number of aliphatic hydroxyl groups excluding tert-OH is 1. The third-order valence-electron chi connectivity index (χ3n) is 1.00. The Kier molecular flexibility index (Phi) is 2.91. The van der Waals surface area contributed by atoms with Crippen molar-refractivity contribution in [1.29, 1.82) is 0 Å². The van der Waals surface area contributed by atoms with Crippen LogP contribution in [0.3, 0.4) is 0 Å². The molecule has 0 saturated heterocycles. The maximum Gasteiger partial charge on any atom is 0.332 e. The fourth-order valence-corrected chi connectivity index (χ4v) is 0.392. The molecule has 0 saturated carbocycles. The van der Waals surface area contributed by atoms with Gasteiger partial charge in [-0.1, -0.05) is 0 Å². The van der Waals surface area contributed by atoms with Gasteiger partial charge in [-0.05, 0) is 0 Å². The molecule has 11 heavy (non-hydrogen) atoms. The van der Waals surface area contributed by atoms with Crippen molar-refractivity contribution in [3.05, 3.63) is 0 Å². The first-order chi connectivity index (χ1) is 4.67. The van der Waals surface area contributed by atoms with E-state index in [2.05, 4.69) is 0 Å². The lowest BCUT2D eigenvalue weighted by Crippen LogP contribution is -2.55. The van der Waals surface area contributed by atoms with Crippen molar-refractivity contribution in [2.45, 2.75) is 24.5 Å². The van der Waals surface area contributed by atoms with E-state index in [1.807, 2.05) is 0 Å². The lowest BCUT2D eigenvalue weighted by molar-refractivity contribution is -0.453. The van der Waals surface area contributed by atoms with Crippen LogP contribution in [0.4, 0.5) is 0 Å². The molecule has 0 rings (SSSR count). The maximum atomic E-state index is 8.51. The van der Waals surface area contributed by atoms with Gasteiger partial charge in [0, 0.05) is 0 Å². The summed E-state index contributed by atoms with van der Waals surface area (Å²) in [5.41, 5.74) is 0. The zero-order chi connectivity index (χ0) is 9.28. The van der Waals surface area contributed by atoms with Crippen molar-refractivity contribution in [2.24, 2.45) is 0 Å². The van der Waals surface area contributed by atoms with Gasteiger partial charge in [0.05, 0.1) is 6.42 Å². The maximum absolute atomic E-state index is 8.51. The van der Waals surface area contributed by atoms with E-state index >= 15 is 0 Å². The molecule has 0 aliphatic carbocycles. The molecule has 0 unspecified atom stereocenters. The first kappa shape index (κ1) is 10.7. The second kappa shape index (κ2) is 2.99. The van der Waals surface area contributed by atoms with Crippen molar-refractivity contribution in [2.75, 3.05) is 0 Å². The summed E-state index contributed by atoms with van der Waals surface area (Å²) in [6, 6.07) is 0. The van der Waals surface area contributed by atoms with Crippen LogP contribution in [0.2, 0.25) is 0 Å². The molecule has 0 aliphatic rings. The summed E-state index contributed by atoms with van der Waals surface area (Å²) in [7, 11) is 0. The first-order valence-electron chi connectivity index (χ1n) is 2.65. The molecule has 0 aromatic rings. The second-order valence-corrected chi connectivity index (χ2v) is 2.14. The molecular formula is C4H10O7. The summed E-state index contributed by atoms with van der Waals surface area (Å²) in [4.78, 5) is 0. The topological polar surface area (TPSA) is 142 Å². The minimum Gasteiger partial charge on any atom is -0.368 e. The first-order valence-corrected chi connectivity index (χ1v) is 2.65. The normalized spacial score (nSPS) is 14.2. The van der Waals surface area contributed by atoms with Gasteiger partial charge in [-0.2, -0.15) is 0 Å². The van der Waals surface area contributed by atoms with Crippen LogP contribution in [0.5, 0.6) is 0 Å². The van der Waals surface area contributed by atoms with Gasteiger partial charge in [0.1, 0.15) is 0 Å². The van der Waals surface area contributed by atoms with E-state index in [1.165, 1.54) is 0 Å². The summed E-state index contributed by atoms with van der Waals surface area (Å²) >= 11 is 0. The Hall–Kier alpha value is -0.280. The average molecular weight is 170 g/mol. The minimum atomic E-state index is -3.78. The van der Waals surface area contributed by atoms with Gasteiger partial charge in [0.15, 0.2) is 6.29 Å². The molecule has 68 valence electrons. The van der Waals surface area contributed by atoms with Crippen molar-refractivity contribution in [3.63, 3.8) is 0 Å². The predicted octanol–water partition coefficient (Wildman–Crippen LogP) is -4.00. The smallest absolute Gasteiger partial charge is 0.332 e. The molecule has 0 radical (unpaired) electrons. The van der Waals surface area contributed by atoms with Gasteiger partial charge >= 0.3 is 5.97 Å². The van der Waals surface area contributed by atoms with Crippen LogP contribution in [0.1, 0.15) is 6.42 Å². The largest absolute Gasteiger partial charge is 0.368 e. The van der Waals surface area contributed by atoms with Crippen LogP contribution in [0.25, 0.3) is 0 Å². The van der Waals surface area contributed by atoms with E-state index in [0.717, 1.165) is 0 Å². The molecule has 0 fully saturated rings. The molecule has 0 heterocycles. The highest BCUT2D eigenvalue weighted by Gasteiger charge is 2.47. The van der Waals surface area contributed by atoms with Crippen LogP contribution in [-0.2, 0) is 0 Å². The lowest BCUT2D eigenvalue weighted by atomic mass is 10.1. The van der Waals surface area contributed by atoms with Crippen molar-refractivity contribution < 1.29 is 35.7 Å². The van der Waals surface area contributed by atoms with Gasteiger partial charge < -0.3 is 35.7 Å². The number of hydrogen-bond acceptors (Lipinski definition) is 7. The molecule has 0 aromatic heterocycles. The summed E-state index contributed by atoms with van der Waals surface area (Å²) < 4.78 is 0. The van der Waals surface area contributed by atoms with Crippen molar-refractivity contribution in [1.82, 2.24) is 0 Å². The third kappa shape index (κ3) is 3.08. The Labute approximate surface area is 61.4 Å². The van der Waals surface area contributed by atoms with E-state index in [1.54, 1.807) is 0 Å². The number of aliphatic hydroxyl groups is 7. The average Bonchev–Trinajstić information content (AvgIpc) is 1.56. The summed E-state index contributed by atoms with van der Waals surface area (Å²) in [5.74, 6) is -7.15. The van der Waals surface area contributed by atoms with Crippen LogP contribution >= 0.6 is 0 Å². The Bertz CT molecular complexity index is 123. The van der Waals surface area contributed by atoms with Crippen molar-refractivity contribution >= 4 is 0 Å². The zero-order valence-electron chi connectivity index (χ0n) is 5.41. The molecule has 0 atom stereocenters. The van der Waals surface area contributed by atoms with Crippen LogP contribution in [-0.4, -0.2) is 53.8 Å². The highest BCUT2D eigenvalue weighted by atomic mass is 16.7. The van der Waals surface area contributed by atoms with E-state index in [0.29, 0.717) is 0 Å². The SMILES string of the molecule is OC(O)CC(O)(O)C(O)(O)O. The lowest BCUT2D eigenvalue weighted by Gasteiger charge is -2.30. The van der Waals surface area contributed by atoms with Gasteiger partial charge in [-0.3, -0.25) is 0 Å². The molecule has 7 nitrogen and oxygen atoms in total. The van der Waals surface area contributed by atoms with Gasteiger partial charge in [0.2, 0.25) is 0 Å². The number of rotatable bonds is 3. The fourth-order valence-electron chi connectivity index (χ4n) is 0.392. The number of hydrogen-bond donors (Lipinski definition) is 7. The molecule has 7 heteroatoms. The van der Waals surface area contributed by atoms with E-state index in [-0.39, 0.29) is 0 Å². The van der Waals surface area contributed by atoms with E-state index in [9.17, 15) is 0 Å². The van der Waals surface area contributed by atoms with Crippen LogP contribution in [0, 0.1) is 0 Å². The zero-order valence-corrected chi connectivity index (χ0v) is 5.41. The fraction of sp³-hybridized carbons (Fsp3) is 1.00. The molecule has 0 aromatic carbocycles. The van der Waals surface area contributed by atoms with Gasteiger partial charge in [0.25, 0.3) is 5.79 Å². The quantitative estimate of drug-likeness (QED) is 0.214. The third-order valence-corrected chi connectivity index (χ3v) is 1.00. The highest BCUT2D eigenvalue weighted by molar-refractivity contribution is 4.72.